The van der Waals surface area contributed by atoms with Gasteiger partial charge in [-0.15, -0.1) is 0 Å². The van der Waals surface area contributed by atoms with Crippen LogP contribution in [0.15, 0.2) is 23.5 Å². The molecule has 0 aliphatic carbocycles. The van der Waals surface area contributed by atoms with E-state index in [-0.39, 0.29) is 11.0 Å². The summed E-state index contributed by atoms with van der Waals surface area (Å²) in [6.45, 7) is 6.60. The Morgan fingerprint density at radius 3 is 2.80 bits per heavy atom. The van der Waals surface area contributed by atoms with E-state index in [1.807, 2.05) is 6.92 Å². The number of rotatable bonds is 5. The minimum absolute atomic E-state index is 0.152. The molecule has 3 rings (SSSR count). The minimum Gasteiger partial charge on any atom is -0.496 e. The van der Waals surface area contributed by atoms with Crippen molar-refractivity contribution >= 4 is 27.6 Å². The fourth-order valence-corrected chi connectivity index (χ4v) is 4.23. The summed E-state index contributed by atoms with van der Waals surface area (Å²) in [6.07, 6.45) is 2.63. The van der Waals surface area contributed by atoms with Crippen molar-refractivity contribution in [3.05, 3.63) is 34.7 Å². The molecule has 1 N–H and O–H groups in total. The van der Waals surface area contributed by atoms with E-state index in [0.717, 1.165) is 36.4 Å². The Hall–Kier alpha value is -1.69. The summed E-state index contributed by atoms with van der Waals surface area (Å²) < 4.78 is 10.8. The summed E-state index contributed by atoms with van der Waals surface area (Å²) in [7, 11) is 1.73. The van der Waals surface area contributed by atoms with E-state index >= 15 is 0 Å². The van der Waals surface area contributed by atoms with E-state index in [1.54, 1.807) is 7.11 Å². The molecule has 0 aromatic heterocycles. The lowest BCUT2D eigenvalue weighted by molar-refractivity contribution is -0.138. The summed E-state index contributed by atoms with van der Waals surface area (Å²) in [4.78, 5) is 14.4. The summed E-state index contributed by atoms with van der Waals surface area (Å²) in [6, 6.07) is 4.35. The second-order valence-corrected chi connectivity index (χ2v) is 7.65. The molecule has 1 atom stereocenters. The molecule has 1 unspecified atom stereocenters. The summed E-state index contributed by atoms with van der Waals surface area (Å²) in [5, 5.41) is 3.07. The smallest absolute Gasteiger partial charge is 0.356 e. The summed E-state index contributed by atoms with van der Waals surface area (Å²) in [5.74, 6) is 1.20. The van der Waals surface area contributed by atoms with E-state index in [2.05, 4.69) is 52.1 Å². The van der Waals surface area contributed by atoms with Crippen molar-refractivity contribution < 1.29 is 14.3 Å². The molecule has 1 aromatic rings. The first-order valence-corrected chi connectivity index (χ1v) is 9.67. The number of methoxy groups -OCH3 is 1. The first-order chi connectivity index (χ1) is 12.0. The Bertz CT molecular complexity index is 715. The van der Waals surface area contributed by atoms with Crippen LogP contribution in [0.25, 0.3) is 0 Å². The first-order valence-electron chi connectivity index (χ1n) is 8.76. The number of ether oxygens (including phenoxy) is 2. The second-order valence-electron chi connectivity index (χ2n) is 6.78. The van der Waals surface area contributed by atoms with Crippen LogP contribution in [-0.2, 0) is 22.4 Å². The highest BCUT2D eigenvalue weighted by atomic mass is 79.9. The van der Waals surface area contributed by atoms with Gasteiger partial charge in [0.1, 0.15) is 11.4 Å². The zero-order valence-electron chi connectivity index (χ0n) is 15.2. The lowest BCUT2D eigenvalue weighted by atomic mass is 9.94. The van der Waals surface area contributed by atoms with E-state index < -0.39 is 0 Å². The van der Waals surface area contributed by atoms with Gasteiger partial charge in [0, 0.05) is 5.69 Å². The monoisotopic (exact) mass is 408 g/mol. The predicted octanol–water partition coefficient (Wildman–Crippen LogP) is 3.70. The number of fused-ring (bicyclic) bond motifs is 3. The van der Waals surface area contributed by atoms with Crippen molar-refractivity contribution in [1.29, 1.82) is 0 Å². The normalized spacial score (nSPS) is 18.8. The zero-order chi connectivity index (χ0) is 18.1. The van der Waals surface area contributed by atoms with Gasteiger partial charge in [0.2, 0.25) is 0 Å². The third-order valence-electron chi connectivity index (χ3n) is 4.55. The molecule has 0 fully saturated rings. The predicted molar refractivity (Wildman–Crippen MR) is 102 cm³/mol. The third-order valence-corrected chi connectivity index (χ3v) is 5.19. The van der Waals surface area contributed by atoms with Gasteiger partial charge < -0.3 is 19.7 Å². The molecule has 6 heteroatoms. The largest absolute Gasteiger partial charge is 0.496 e. The molecule has 2 aliphatic heterocycles. The van der Waals surface area contributed by atoms with Gasteiger partial charge in [0.05, 0.1) is 19.4 Å². The highest BCUT2D eigenvalue weighted by Gasteiger charge is 2.38. The number of esters is 1. The standard InChI is InChI=1S/C19H25BrN2O3/c1-5-25-18(23)17-14-7-6-12-10-16(24-4)13(8-11(2)3)9-15(12)22(14)19(20)21-17/h9-11,19,21H,5-8H2,1-4H3. The second kappa shape index (κ2) is 7.28. The maximum Gasteiger partial charge on any atom is 0.356 e. The van der Waals surface area contributed by atoms with Crippen LogP contribution in [0, 0.1) is 5.92 Å². The van der Waals surface area contributed by atoms with Crippen LogP contribution in [0.5, 0.6) is 5.75 Å². The highest BCUT2D eigenvalue weighted by molar-refractivity contribution is 9.09. The number of alkyl halides is 1. The molecule has 0 saturated carbocycles. The van der Waals surface area contributed by atoms with Gasteiger partial charge >= 0.3 is 5.97 Å². The van der Waals surface area contributed by atoms with Gasteiger partial charge in [-0.2, -0.15) is 0 Å². The molecular formula is C19H25BrN2O3. The quantitative estimate of drug-likeness (QED) is 0.457. The van der Waals surface area contributed by atoms with E-state index in [4.69, 9.17) is 9.47 Å². The molecule has 0 bridgehead atoms. The number of nitrogens with zero attached hydrogens (tertiary/aromatic N) is 1. The Morgan fingerprint density at radius 1 is 1.40 bits per heavy atom. The fourth-order valence-electron chi connectivity index (χ4n) is 3.54. The molecule has 0 radical (unpaired) electrons. The molecule has 0 spiro atoms. The van der Waals surface area contributed by atoms with Crippen LogP contribution < -0.4 is 15.0 Å². The summed E-state index contributed by atoms with van der Waals surface area (Å²) in [5.41, 5.74) is 5.13. The summed E-state index contributed by atoms with van der Waals surface area (Å²) >= 11 is 3.65. The van der Waals surface area contributed by atoms with E-state index in [0.29, 0.717) is 18.2 Å². The van der Waals surface area contributed by atoms with Gasteiger partial charge in [-0.1, -0.05) is 13.8 Å². The van der Waals surface area contributed by atoms with Crippen molar-refractivity contribution in [3.8, 4) is 5.75 Å². The molecule has 1 aromatic carbocycles. The maximum atomic E-state index is 12.3. The number of halogens is 1. The number of allylic oxidation sites excluding steroid dienone is 1. The van der Waals surface area contributed by atoms with Crippen LogP contribution in [-0.4, -0.2) is 24.8 Å². The Balaban J connectivity index is 2.04. The number of carbonyl (C=O) groups excluding carboxylic acids is 1. The van der Waals surface area contributed by atoms with Crippen LogP contribution in [0.3, 0.4) is 0 Å². The van der Waals surface area contributed by atoms with Gasteiger partial charge in [-0.3, -0.25) is 0 Å². The number of anilines is 1. The van der Waals surface area contributed by atoms with E-state index in [9.17, 15) is 4.79 Å². The Kier molecular flexibility index (Phi) is 5.27. The van der Waals surface area contributed by atoms with E-state index in [1.165, 1.54) is 11.1 Å². The molecule has 2 heterocycles. The molecule has 5 nitrogen and oxygen atoms in total. The van der Waals surface area contributed by atoms with Crippen molar-refractivity contribution in [1.82, 2.24) is 5.32 Å². The molecule has 0 amide bonds. The number of carbonyl (C=O) groups is 1. The fraction of sp³-hybridized carbons (Fsp3) is 0.526. The van der Waals surface area contributed by atoms with Gasteiger partial charge in [0.25, 0.3) is 0 Å². The molecular weight excluding hydrogens is 384 g/mol. The average molecular weight is 409 g/mol. The maximum absolute atomic E-state index is 12.3. The molecule has 2 aliphatic rings. The van der Waals surface area contributed by atoms with Crippen LogP contribution in [0.4, 0.5) is 5.69 Å². The lowest BCUT2D eigenvalue weighted by Gasteiger charge is -2.33. The number of hydrogen-bond donors (Lipinski definition) is 1. The molecule has 25 heavy (non-hydrogen) atoms. The number of nitrogens with one attached hydrogen (secondary N) is 1. The minimum atomic E-state index is -0.288. The molecule has 136 valence electrons. The van der Waals surface area contributed by atoms with Crippen molar-refractivity contribution in [2.24, 2.45) is 5.92 Å². The Labute approximate surface area is 157 Å². The van der Waals surface area contributed by atoms with Crippen LogP contribution >= 0.6 is 15.9 Å². The number of benzene rings is 1. The highest BCUT2D eigenvalue weighted by Crippen LogP contribution is 2.43. The van der Waals surface area contributed by atoms with Crippen LogP contribution in [0.2, 0.25) is 0 Å². The Morgan fingerprint density at radius 2 is 2.16 bits per heavy atom. The first kappa shape index (κ1) is 18.1. The van der Waals surface area contributed by atoms with Gasteiger partial charge in [0.15, 0.2) is 5.08 Å². The van der Waals surface area contributed by atoms with Gasteiger partial charge in [-0.25, -0.2) is 4.79 Å². The van der Waals surface area contributed by atoms with Crippen molar-refractivity contribution in [3.63, 3.8) is 0 Å². The van der Waals surface area contributed by atoms with Crippen molar-refractivity contribution in [2.75, 3.05) is 18.6 Å². The average Bonchev–Trinajstić information content (AvgIpc) is 2.91. The van der Waals surface area contributed by atoms with Crippen molar-refractivity contribution in [2.45, 2.75) is 45.1 Å². The van der Waals surface area contributed by atoms with Gasteiger partial charge in [-0.05, 0) is 71.3 Å². The molecule has 0 saturated heterocycles. The van der Waals surface area contributed by atoms with Crippen LogP contribution in [0.1, 0.15) is 38.3 Å². The third kappa shape index (κ3) is 3.36. The SMILES string of the molecule is CCOC(=O)C1=C2CCc3cc(OC)c(CC(C)C)cc3N2C(Br)N1. The lowest BCUT2D eigenvalue weighted by Crippen LogP contribution is -2.34. The zero-order valence-corrected chi connectivity index (χ0v) is 16.8. The number of hydrogen-bond acceptors (Lipinski definition) is 5. The topological polar surface area (TPSA) is 50.8 Å². The number of aryl methyl sites for hydroxylation is 1.